The van der Waals surface area contributed by atoms with Gasteiger partial charge in [0.25, 0.3) is 0 Å². The van der Waals surface area contributed by atoms with E-state index in [2.05, 4.69) is 11.0 Å². The second kappa shape index (κ2) is 9.18. The smallest absolute Gasteiger partial charge is 0.333 e. The minimum Gasteiger partial charge on any atom is -0.507 e. The lowest BCUT2D eigenvalue weighted by atomic mass is 9.69. The van der Waals surface area contributed by atoms with Gasteiger partial charge in [-0.3, -0.25) is 19.4 Å². The monoisotopic (exact) mass is 587 g/mol. The normalized spacial score (nSPS) is 32.5. The number of nitriles is 1. The Kier molecular flexibility index (Phi) is 5.91. The molecule has 11 nitrogen and oxygen atoms in total. The van der Waals surface area contributed by atoms with E-state index in [1.165, 1.54) is 7.11 Å². The molecule has 0 radical (unpaired) electrons. The summed E-state index contributed by atoms with van der Waals surface area (Å²) in [5.41, 5.74) is 2.60. The van der Waals surface area contributed by atoms with Gasteiger partial charge in [-0.2, -0.15) is 5.26 Å². The maximum absolute atomic E-state index is 14.0. The van der Waals surface area contributed by atoms with Gasteiger partial charge in [-0.25, -0.2) is 4.79 Å². The van der Waals surface area contributed by atoms with Gasteiger partial charge in [0, 0.05) is 51.1 Å². The number of aromatic hydroxyl groups is 1. The summed E-state index contributed by atoms with van der Waals surface area (Å²) >= 11 is 0. The number of allylic oxidation sites excluding steroid dienone is 3. The Morgan fingerprint density at radius 2 is 1.93 bits per heavy atom. The van der Waals surface area contributed by atoms with Gasteiger partial charge in [0.1, 0.15) is 18.4 Å². The van der Waals surface area contributed by atoms with Crippen LogP contribution in [0.3, 0.4) is 0 Å². The lowest BCUT2D eigenvalue weighted by Crippen LogP contribution is -2.79. The summed E-state index contributed by atoms with van der Waals surface area (Å²) in [6.45, 7) is 8.59. The molecule has 0 spiro atoms. The highest BCUT2D eigenvalue weighted by molar-refractivity contribution is 6.26. The Hall–Kier alpha value is -4.14. The van der Waals surface area contributed by atoms with Crippen molar-refractivity contribution >= 4 is 17.5 Å². The van der Waals surface area contributed by atoms with Crippen molar-refractivity contribution in [2.75, 3.05) is 20.5 Å². The van der Waals surface area contributed by atoms with Gasteiger partial charge in [-0.05, 0) is 47.5 Å². The van der Waals surface area contributed by atoms with Crippen molar-refractivity contribution in [3.05, 3.63) is 50.8 Å². The van der Waals surface area contributed by atoms with Gasteiger partial charge in [0.05, 0.1) is 30.8 Å². The lowest BCUT2D eigenvalue weighted by molar-refractivity contribution is -0.163. The molecule has 1 aromatic carbocycles. The molecular weight excluding hydrogens is 554 g/mol. The molecule has 7 rings (SSSR count). The van der Waals surface area contributed by atoms with E-state index in [4.69, 9.17) is 18.9 Å². The summed E-state index contributed by atoms with van der Waals surface area (Å²) in [7, 11) is 1.39. The number of carbonyl (C=O) groups is 3. The van der Waals surface area contributed by atoms with E-state index in [-0.39, 0.29) is 54.5 Å². The molecule has 0 unspecified atom stereocenters. The molecule has 6 aliphatic rings. The molecule has 5 heterocycles. The highest BCUT2D eigenvalue weighted by Gasteiger charge is 2.71. The molecule has 0 bridgehead atoms. The Morgan fingerprint density at radius 1 is 1.21 bits per heavy atom. The summed E-state index contributed by atoms with van der Waals surface area (Å²) < 4.78 is 23.0. The van der Waals surface area contributed by atoms with Crippen LogP contribution < -0.4 is 9.47 Å². The van der Waals surface area contributed by atoms with Crippen LogP contribution in [0.5, 0.6) is 17.2 Å². The zero-order valence-electron chi connectivity index (χ0n) is 24.9. The average molecular weight is 588 g/mol. The number of benzene rings is 1. The number of hydrogen-bond donors (Lipinski definition) is 1. The van der Waals surface area contributed by atoms with Crippen LogP contribution in [0.25, 0.3) is 0 Å². The molecule has 2 fully saturated rings. The number of hydrogen-bond acceptors (Lipinski definition) is 11. The molecule has 1 N–H and O–H groups in total. The van der Waals surface area contributed by atoms with Crippen molar-refractivity contribution in [3.63, 3.8) is 0 Å². The number of ketones is 2. The fraction of sp³-hybridized carbons (Fsp3) is 0.500. The number of methoxy groups -OCH3 is 1. The third kappa shape index (κ3) is 3.28. The van der Waals surface area contributed by atoms with Crippen molar-refractivity contribution in [1.82, 2.24) is 9.80 Å². The van der Waals surface area contributed by atoms with E-state index in [1.807, 2.05) is 11.8 Å². The summed E-state index contributed by atoms with van der Waals surface area (Å²) in [5, 5.41) is 22.2. The summed E-state index contributed by atoms with van der Waals surface area (Å²) in [5.74, 6) is -0.0902. The third-order valence-electron chi connectivity index (χ3n) is 10.5. The molecule has 0 aromatic heterocycles. The molecule has 1 aliphatic carbocycles. The lowest BCUT2D eigenvalue weighted by Gasteiger charge is -2.66. The van der Waals surface area contributed by atoms with E-state index in [9.17, 15) is 24.8 Å². The first-order valence-electron chi connectivity index (χ1n) is 14.5. The number of phenolic OH excluding ortho intramolecular Hbond substituents is 1. The van der Waals surface area contributed by atoms with Crippen LogP contribution in [-0.2, 0) is 30.3 Å². The van der Waals surface area contributed by atoms with E-state index >= 15 is 0 Å². The van der Waals surface area contributed by atoms with Crippen molar-refractivity contribution in [2.45, 2.75) is 83.2 Å². The second-order valence-electron chi connectivity index (χ2n) is 12.3. The molecule has 0 amide bonds. The van der Waals surface area contributed by atoms with Gasteiger partial charge < -0.3 is 24.1 Å². The van der Waals surface area contributed by atoms with Crippen LogP contribution >= 0.6 is 0 Å². The number of fused-ring (bicyclic) bond motifs is 7. The number of ether oxygens (including phenoxy) is 4. The van der Waals surface area contributed by atoms with Gasteiger partial charge >= 0.3 is 5.97 Å². The Bertz CT molecular complexity index is 1680. The maximum atomic E-state index is 14.0. The highest BCUT2D eigenvalue weighted by Crippen LogP contribution is 2.62. The number of Topliss-reactive ketones (excluding diaryl/α,β-unsaturated/α-hetero) is 2. The zero-order valence-corrected chi connectivity index (χ0v) is 24.9. The van der Waals surface area contributed by atoms with E-state index in [1.54, 1.807) is 33.8 Å². The Labute approximate surface area is 248 Å². The highest BCUT2D eigenvalue weighted by atomic mass is 16.7. The number of carbonyl (C=O) groups excluding carboxylic acids is 3. The van der Waals surface area contributed by atoms with Gasteiger partial charge in [-0.15, -0.1) is 0 Å². The molecule has 43 heavy (non-hydrogen) atoms. The standard InChI is InChI=1S/C32H33N3O8/c1-7-13(2)31(39)41-11-20-21-16(25(36)14(3)29-30(21)43-12-42-29)8-17-24-22-23(26(37)15(4)28(40-6)27(22)38)32(5)9-18(35(24)32)19(10-33)34(17)20/h7,17-20,24,36H,8-9,11-12H2,1-6H3/b13-7-/t17-,18-,19-,20-,24-,32+/m0/s1. The Morgan fingerprint density at radius 3 is 2.60 bits per heavy atom. The molecule has 1 aromatic rings. The number of phenols is 1. The van der Waals surface area contributed by atoms with Crippen LogP contribution in [0.2, 0.25) is 0 Å². The number of esters is 1. The third-order valence-corrected chi connectivity index (χ3v) is 10.5. The van der Waals surface area contributed by atoms with Crippen LogP contribution in [0.1, 0.15) is 56.8 Å². The molecule has 5 aliphatic heterocycles. The first-order valence-corrected chi connectivity index (χ1v) is 14.5. The molecule has 6 atom stereocenters. The number of nitrogens with zero attached hydrogens (tertiary/aromatic N) is 3. The van der Waals surface area contributed by atoms with Gasteiger partial charge in [-0.1, -0.05) is 6.08 Å². The SMILES string of the molecule is C/C=C(/C)C(=O)OC[C@H]1c2c(c(O)c(C)c3c2OCO3)C[C@H]2[C@H]3C4=C(C(=O)C(C)=C(OC)C4=O)[C@@]4(C)C[C@@H]([C@H](C#N)N12)N34. The molecular formula is C32H33N3O8. The van der Waals surface area contributed by atoms with Crippen molar-refractivity contribution in [1.29, 1.82) is 5.26 Å². The van der Waals surface area contributed by atoms with Crippen LogP contribution in [0.4, 0.5) is 0 Å². The fourth-order valence-corrected chi connectivity index (χ4v) is 8.46. The van der Waals surface area contributed by atoms with E-state index < -0.39 is 35.7 Å². The van der Waals surface area contributed by atoms with E-state index in [0.29, 0.717) is 51.3 Å². The summed E-state index contributed by atoms with van der Waals surface area (Å²) in [6.07, 6.45) is 2.44. The zero-order chi connectivity index (χ0) is 30.7. The first kappa shape index (κ1) is 27.7. The summed E-state index contributed by atoms with van der Waals surface area (Å²) in [6, 6.07) is -0.184. The van der Waals surface area contributed by atoms with Crippen LogP contribution in [0.15, 0.2) is 34.1 Å². The maximum Gasteiger partial charge on any atom is 0.333 e. The van der Waals surface area contributed by atoms with E-state index in [0.717, 1.165) is 0 Å². The largest absolute Gasteiger partial charge is 0.507 e. The van der Waals surface area contributed by atoms with Crippen molar-refractivity contribution in [2.24, 2.45) is 0 Å². The predicted octanol–water partition coefficient (Wildman–Crippen LogP) is 2.70. The molecule has 2 saturated heterocycles. The van der Waals surface area contributed by atoms with Crippen molar-refractivity contribution in [3.8, 4) is 23.3 Å². The topological polar surface area (TPSA) is 139 Å². The summed E-state index contributed by atoms with van der Waals surface area (Å²) in [4.78, 5) is 44.9. The fourth-order valence-electron chi connectivity index (χ4n) is 8.46. The molecule has 0 saturated carbocycles. The predicted molar refractivity (Wildman–Crippen MR) is 150 cm³/mol. The second-order valence-corrected chi connectivity index (χ2v) is 12.3. The molecule has 224 valence electrons. The van der Waals surface area contributed by atoms with Crippen LogP contribution in [0, 0.1) is 18.3 Å². The number of rotatable bonds is 4. The minimum atomic E-state index is -0.711. The first-order chi connectivity index (χ1) is 20.5. The van der Waals surface area contributed by atoms with Gasteiger partial charge in [0.15, 0.2) is 23.0 Å². The van der Waals surface area contributed by atoms with Crippen LogP contribution in [-0.4, -0.2) is 82.7 Å². The van der Waals surface area contributed by atoms with Gasteiger partial charge in [0.2, 0.25) is 12.6 Å². The quantitative estimate of drug-likeness (QED) is 0.316. The Balaban J connectivity index is 1.43. The van der Waals surface area contributed by atoms with Crippen molar-refractivity contribution < 1.29 is 38.4 Å². The molecule has 11 heteroatoms. The average Bonchev–Trinajstić information content (AvgIpc) is 3.56. The minimum absolute atomic E-state index is 0.0307. The number of piperazine rings is 1.